The number of carbonyl (C=O) groups is 1. The Labute approximate surface area is 72.9 Å². The van der Waals surface area contributed by atoms with Crippen molar-refractivity contribution in [2.24, 2.45) is 5.92 Å². The summed E-state index contributed by atoms with van der Waals surface area (Å²) in [5.74, 6) is 0.201. The van der Waals surface area contributed by atoms with Gasteiger partial charge in [-0.2, -0.15) is 0 Å². The second-order valence-electron chi connectivity index (χ2n) is 3.34. The SMILES string of the molecule is C=C(C)C=CC1OC(=O)CC1C. The van der Waals surface area contributed by atoms with Crippen molar-refractivity contribution in [3.63, 3.8) is 0 Å². The Morgan fingerprint density at radius 3 is 2.83 bits per heavy atom. The number of hydrogen-bond donors (Lipinski definition) is 0. The van der Waals surface area contributed by atoms with Gasteiger partial charge in [-0.25, -0.2) is 0 Å². The molecule has 0 aromatic rings. The monoisotopic (exact) mass is 166 g/mol. The summed E-state index contributed by atoms with van der Waals surface area (Å²) >= 11 is 0. The molecule has 1 saturated heterocycles. The predicted octanol–water partition coefficient (Wildman–Crippen LogP) is 2.07. The zero-order chi connectivity index (χ0) is 9.14. The Bertz CT molecular complexity index is 228. The lowest BCUT2D eigenvalue weighted by Gasteiger charge is -2.07. The van der Waals surface area contributed by atoms with Crippen LogP contribution in [0, 0.1) is 5.92 Å². The summed E-state index contributed by atoms with van der Waals surface area (Å²) in [6.07, 6.45) is 4.28. The number of allylic oxidation sites excluding steroid dienone is 2. The van der Waals surface area contributed by atoms with Crippen molar-refractivity contribution in [2.45, 2.75) is 26.4 Å². The Morgan fingerprint density at radius 2 is 2.42 bits per heavy atom. The number of rotatable bonds is 2. The molecule has 0 amide bonds. The minimum atomic E-state index is -0.0983. The molecule has 0 spiro atoms. The van der Waals surface area contributed by atoms with Crippen LogP contribution < -0.4 is 0 Å². The summed E-state index contributed by atoms with van der Waals surface area (Å²) in [7, 11) is 0. The molecule has 1 fully saturated rings. The van der Waals surface area contributed by atoms with Gasteiger partial charge >= 0.3 is 5.97 Å². The van der Waals surface area contributed by atoms with E-state index in [-0.39, 0.29) is 12.1 Å². The molecule has 2 atom stereocenters. The van der Waals surface area contributed by atoms with Crippen molar-refractivity contribution in [3.8, 4) is 0 Å². The molecule has 0 aromatic carbocycles. The van der Waals surface area contributed by atoms with Crippen LogP contribution in [0.5, 0.6) is 0 Å². The van der Waals surface area contributed by atoms with Gasteiger partial charge in [0.25, 0.3) is 0 Å². The molecule has 1 aliphatic heterocycles. The van der Waals surface area contributed by atoms with Gasteiger partial charge in [-0.05, 0) is 13.0 Å². The lowest BCUT2D eigenvalue weighted by Crippen LogP contribution is -2.09. The topological polar surface area (TPSA) is 26.3 Å². The first-order valence-corrected chi connectivity index (χ1v) is 4.13. The van der Waals surface area contributed by atoms with Crippen LogP contribution in [-0.4, -0.2) is 12.1 Å². The molecule has 1 heterocycles. The van der Waals surface area contributed by atoms with Gasteiger partial charge in [0, 0.05) is 5.92 Å². The van der Waals surface area contributed by atoms with E-state index < -0.39 is 0 Å². The Morgan fingerprint density at radius 1 is 1.75 bits per heavy atom. The minimum Gasteiger partial charge on any atom is -0.458 e. The summed E-state index contributed by atoms with van der Waals surface area (Å²) in [6.45, 7) is 7.66. The lowest BCUT2D eigenvalue weighted by atomic mass is 10.0. The quantitative estimate of drug-likeness (QED) is 0.463. The van der Waals surface area contributed by atoms with Gasteiger partial charge < -0.3 is 4.74 Å². The van der Waals surface area contributed by atoms with Crippen molar-refractivity contribution in [3.05, 3.63) is 24.3 Å². The largest absolute Gasteiger partial charge is 0.458 e. The Balaban J connectivity index is 2.53. The molecule has 0 aromatic heterocycles. The van der Waals surface area contributed by atoms with Crippen molar-refractivity contribution in [1.29, 1.82) is 0 Å². The molecular weight excluding hydrogens is 152 g/mol. The molecule has 0 radical (unpaired) electrons. The molecule has 2 nitrogen and oxygen atoms in total. The molecule has 0 saturated carbocycles. The molecule has 2 unspecified atom stereocenters. The lowest BCUT2D eigenvalue weighted by molar-refractivity contribution is -0.140. The predicted molar refractivity (Wildman–Crippen MR) is 47.6 cm³/mol. The summed E-state index contributed by atoms with van der Waals surface area (Å²) in [6, 6.07) is 0. The van der Waals surface area contributed by atoms with Gasteiger partial charge in [-0.3, -0.25) is 4.79 Å². The fourth-order valence-corrected chi connectivity index (χ4v) is 1.18. The third kappa shape index (κ3) is 2.22. The second kappa shape index (κ2) is 3.57. The van der Waals surface area contributed by atoms with Gasteiger partial charge in [-0.15, -0.1) is 0 Å². The van der Waals surface area contributed by atoms with Crippen LogP contribution in [0.1, 0.15) is 20.3 Å². The van der Waals surface area contributed by atoms with Gasteiger partial charge in [0.05, 0.1) is 6.42 Å². The van der Waals surface area contributed by atoms with Crippen LogP contribution in [-0.2, 0) is 9.53 Å². The van der Waals surface area contributed by atoms with Crippen LogP contribution in [0.25, 0.3) is 0 Å². The van der Waals surface area contributed by atoms with E-state index in [1.54, 1.807) is 0 Å². The maximum atomic E-state index is 10.8. The van der Waals surface area contributed by atoms with E-state index >= 15 is 0 Å². The van der Waals surface area contributed by atoms with Crippen LogP contribution in [0.2, 0.25) is 0 Å². The maximum absolute atomic E-state index is 10.8. The van der Waals surface area contributed by atoms with Crippen LogP contribution >= 0.6 is 0 Å². The molecule has 2 heteroatoms. The van der Waals surface area contributed by atoms with E-state index in [0.717, 1.165) is 5.57 Å². The van der Waals surface area contributed by atoms with Crippen molar-refractivity contribution < 1.29 is 9.53 Å². The third-order valence-electron chi connectivity index (χ3n) is 1.89. The molecule has 12 heavy (non-hydrogen) atoms. The molecule has 0 N–H and O–H groups in total. The van der Waals surface area contributed by atoms with E-state index in [4.69, 9.17) is 4.74 Å². The van der Waals surface area contributed by atoms with Crippen LogP contribution in [0.4, 0.5) is 0 Å². The van der Waals surface area contributed by atoms with E-state index in [0.29, 0.717) is 12.3 Å². The third-order valence-corrected chi connectivity index (χ3v) is 1.89. The van der Waals surface area contributed by atoms with Crippen molar-refractivity contribution >= 4 is 5.97 Å². The van der Waals surface area contributed by atoms with Gasteiger partial charge in [0.1, 0.15) is 6.10 Å². The standard InChI is InChI=1S/C10H14O2/c1-7(2)4-5-9-8(3)6-10(11)12-9/h4-5,8-9H,1,6H2,2-3H3. The van der Waals surface area contributed by atoms with E-state index in [1.165, 1.54) is 0 Å². The first-order chi connectivity index (χ1) is 5.59. The van der Waals surface area contributed by atoms with Gasteiger partial charge in [0.15, 0.2) is 0 Å². The average Bonchev–Trinajstić information content (AvgIpc) is 2.26. The number of cyclic esters (lactones) is 1. The molecule has 1 rings (SSSR count). The van der Waals surface area contributed by atoms with Crippen LogP contribution in [0.3, 0.4) is 0 Å². The normalized spacial score (nSPS) is 29.3. The number of esters is 1. The van der Waals surface area contributed by atoms with Gasteiger partial charge in [-0.1, -0.05) is 25.2 Å². The molecule has 0 bridgehead atoms. The molecule has 66 valence electrons. The molecule has 0 aliphatic carbocycles. The Kier molecular flexibility index (Phi) is 2.69. The zero-order valence-corrected chi connectivity index (χ0v) is 7.54. The van der Waals surface area contributed by atoms with E-state index in [9.17, 15) is 4.79 Å². The Hall–Kier alpha value is -1.05. The summed E-state index contributed by atoms with van der Waals surface area (Å²) < 4.78 is 5.06. The van der Waals surface area contributed by atoms with Gasteiger partial charge in [0.2, 0.25) is 0 Å². The highest BCUT2D eigenvalue weighted by Gasteiger charge is 2.28. The number of ether oxygens (including phenoxy) is 1. The smallest absolute Gasteiger partial charge is 0.306 e. The average molecular weight is 166 g/mol. The highest BCUT2D eigenvalue weighted by atomic mass is 16.5. The van der Waals surface area contributed by atoms with E-state index in [2.05, 4.69) is 6.58 Å². The first-order valence-electron chi connectivity index (χ1n) is 4.13. The summed E-state index contributed by atoms with van der Waals surface area (Å²) in [5, 5.41) is 0. The van der Waals surface area contributed by atoms with Crippen LogP contribution in [0.15, 0.2) is 24.3 Å². The second-order valence-corrected chi connectivity index (χ2v) is 3.34. The van der Waals surface area contributed by atoms with Crippen molar-refractivity contribution in [1.82, 2.24) is 0 Å². The van der Waals surface area contributed by atoms with Crippen molar-refractivity contribution in [2.75, 3.05) is 0 Å². The summed E-state index contributed by atoms with van der Waals surface area (Å²) in [4.78, 5) is 10.8. The first kappa shape index (κ1) is 9.04. The fourth-order valence-electron chi connectivity index (χ4n) is 1.18. The number of hydrogen-bond acceptors (Lipinski definition) is 2. The highest BCUT2D eigenvalue weighted by Crippen LogP contribution is 2.22. The fraction of sp³-hybridized carbons (Fsp3) is 0.500. The minimum absolute atomic E-state index is 0.0470. The number of carbonyl (C=O) groups excluding carboxylic acids is 1. The zero-order valence-electron chi connectivity index (χ0n) is 7.54. The molecule has 1 aliphatic rings. The summed E-state index contributed by atoms with van der Waals surface area (Å²) in [5.41, 5.74) is 0.977. The van der Waals surface area contributed by atoms with E-state index in [1.807, 2.05) is 26.0 Å². The molecular formula is C10H14O2. The maximum Gasteiger partial charge on any atom is 0.306 e. The highest BCUT2D eigenvalue weighted by molar-refractivity contribution is 5.72.